The van der Waals surface area contributed by atoms with Crippen molar-refractivity contribution >= 4 is 40.9 Å². The first-order valence-corrected chi connectivity index (χ1v) is 10.1. The molecule has 0 unspecified atom stereocenters. The number of rotatable bonds is 3. The maximum absolute atomic E-state index is 14.3. The highest BCUT2D eigenvalue weighted by Crippen LogP contribution is 2.27. The van der Waals surface area contributed by atoms with E-state index >= 15 is 0 Å². The first kappa shape index (κ1) is 20.7. The monoisotopic (exact) mass is 433 g/mol. The minimum Gasteiger partial charge on any atom is -0.318 e. The SMILES string of the molecule is Cc1ccc(-n2c(C)cc(C=C3C(=O)NC(=S)N(c4ccccc4F)C3=O)c2C)cc1. The van der Waals surface area contributed by atoms with Crippen molar-refractivity contribution < 1.29 is 14.0 Å². The molecule has 2 amide bonds. The van der Waals surface area contributed by atoms with Crippen molar-refractivity contribution in [1.82, 2.24) is 9.88 Å². The average Bonchev–Trinajstić information content (AvgIpc) is 3.00. The van der Waals surface area contributed by atoms with E-state index in [2.05, 4.69) is 9.88 Å². The van der Waals surface area contributed by atoms with E-state index in [1.54, 1.807) is 6.07 Å². The fourth-order valence-electron chi connectivity index (χ4n) is 3.69. The van der Waals surface area contributed by atoms with Gasteiger partial charge in [0.2, 0.25) is 0 Å². The lowest BCUT2D eigenvalue weighted by Gasteiger charge is -2.29. The zero-order chi connectivity index (χ0) is 22.3. The van der Waals surface area contributed by atoms with Gasteiger partial charge in [0.25, 0.3) is 11.8 Å². The maximum atomic E-state index is 14.3. The Morgan fingerprint density at radius 3 is 2.35 bits per heavy atom. The first-order valence-electron chi connectivity index (χ1n) is 9.70. The van der Waals surface area contributed by atoms with Gasteiger partial charge in [0.05, 0.1) is 5.69 Å². The Bertz CT molecular complexity index is 1260. The molecule has 0 atom stereocenters. The Balaban J connectivity index is 1.77. The molecule has 3 aromatic rings. The molecule has 1 N–H and O–H groups in total. The summed E-state index contributed by atoms with van der Waals surface area (Å²) in [6.45, 7) is 5.90. The number of aromatic nitrogens is 1. The van der Waals surface area contributed by atoms with E-state index in [-0.39, 0.29) is 16.4 Å². The van der Waals surface area contributed by atoms with Crippen LogP contribution in [0.25, 0.3) is 11.8 Å². The van der Waals surface area contributed by atoms with Crippen molar-refractivity contribution in [1.29, 1.82) is 0 Å². The van der Waals surface area contributed by atoms with Crippen LogP contribution in [0.5, 0.6) is 0 Å². The molecular formula is C24H20FN3O2S. The van der Waals surface area contributed by atoms with Gasteiger partial charge in [-0.1, -0.05) is 29.8 Å². The van der Waals surface area contributed by atoms with Crippen LogP contribution in [0, 0.1) is 26.6 Å². The minimum absolute atomic E-state index is 0.00599. The fraction of sp³-hybridized carbons (Fsp3) is 0.125. The molecule has 0 aliphatic carbocycles. The average molecular weight is 434 g/mol. The van der Waals surface area contributed by atoms with Crippen molar-refractivity contribution in [2.75, 3.05) is 4.90 Å². The number of nitrogens with zero attached hydrogens (tertiary/aromatic N) is 2. The topological polar surface area (TPSA) is 54.3 Å². The molecule has 1 aliphatic rings. The van der Waals surface area contributed by atoms with Crippen molar-refractivity contribution in [3.8, 4) is 5.69 Å². The maximum Gasteiger partial charge on any atom is 0.270 e. The van der Waals surface area contributed by atoms with Gasteiger partial charge in [0.1, 0.15) is 11.4 Å². The first-order chi connectivity index (χ1) is 14.8. The van der Waals surface area contributed by atoms with Crippen LogP contribution in [-0.4, -0.2) is 21.5 Å². The molecule has 156 valence electrons. The molecule has 5 nitrogen and oxygen atoms in total. The molecule has 4 rings (SSSR count). The van der Waals surface area contributed by atoms with E-state index in [1.807, 2.05) is 51.1 Å². The Kier molecular flexibility index (Phi) is 5.29. The van der Waals surface area contributed by atoms with Gasteiger partial charge in [-0.25, -0.2) is 9.29 Å². The van der Waals surface area contributed by atoms with E-state index < -0.39 is 17.6 Å². The van der Waals surface area contributed by atoms with Gasteiger partial charge in [0.15, 0.2) is 5.11 Å². The number of thiocarbonyl (C=S) groups is 1. The van der Waals surface area contributed by atoms with Gasteiger partial charge < -0.3 is 4.57 Å². The number of anilines is 1. The van der Waals surface area contributed by atoms with E-state index in [4.69, 9.17) is 12.2 Å². The van der Waals surface area contributed by atoms with E-state index in [0.29, 0.717) is 0 Å². The van der Waals surface area contributed by atoms with Crippen LogP contribution in [0.3, 0.4) is 0 Å². The molecule has 1 fully saturated rings. The standard InChI is InChI=1S/C24H20FN3O2S/c1-14-8-10-18(11-9-14)27-15(2)12-17(16(27)3)13-19-22(29)26-24(31)28(23(19)30)21-7-5-4-6-20(21)25/h4-13H,1-3H3,(H,26,29,31). The van der Waals surface area contributed by atoms with Gasteiger partial charge in [0, 0.05) is 17.1 Å². The molecule has 1 aromatic heterocycles. The second-order valence-electron chi connectivity index (χ2n) is 7.41. The van der Waals surface area contributed by atoms with Gasteiger partial charge in [-0.15, -0.1) is 0 Å². The molecular weight excluding hydrogens is 413 g/mol. The largest absolute Gasteiger partial charge is 0.318 e. The van der Waals surface area contributed by atoms with Crippen LogP contribution in [0.1, 0.15) is 22.5 Å². The quantitative estimate of drug-likeness (QED) is 0.379. The van der Waals surface area contributed by atoms with Crippen LogP contribution in [0.4, 0.5) is 10.1 Å². The summed E-state index contributed by atoms with van der Waals surface area (Å²) >= 11 is 5.14. The summed E-state index contributed by atoms with van der Waals surface area (Å²) in [6, 6.07) is 15.8. The van der Waals surface area contributed by atoms with E-state index in [1.165, 1.54) is 24.3 Å². The molecule has 1 aliphatic heterocycles. The lowest BCUT2D eigenvalue weighted by Crippen LogP contribution is -2.54. The highest BCUT2D eigenvalue weighted by Gasteiger charge is 2.35. The third kappa shape index (κ3) is 3.68. The molecule has 31 heavy (non-hydrogen) atoms. The molecule has 0 bridgehead atoms. The second-order valence-corrected chi connectivity index (χ2v) is 7.79. The van der Waals surface area contributed by atoms with Crippen molar-refractivity contribution in [3.63, 3.8) is 0 Å². The summed E-state index contributed by atoms with van der Waals surface area (Å²) in [5.41, 5.74) is 4.58. The Hall–Kier alpha value is -3.58. The number of halogens is 1. The van der Waals surface area contributed by atoms with Crippen molar-refractivity contribution in [2.45, 2.75) is 20.8 Å². The number of hydrogen-bond donors (Lipinski definition) is 1. The van der Waals surface area contributed by atoms with E-state index in [9.17, 15) is 14.0 Å². The zero-order valence-corrected chi connectivity index (χ0v) is 18.1. The third-order valence-corrected chi connectivity index (χ3v) is 5.54. The predicted octanol–water partition coefficient (Wildman–Crippen LogP) is 4.37. The van der Waals surface area contributed by atoms with Crippen molar-refractivity contribution in [3.05, 3.63) is 88.5 Å². The summed E-state index contributed by atoms with van der Waals surface area (Å²) in [4.78, 5) is 26.7. The van der Waals surface area contributed by atoms with Crippen LogP contribution >= 0.6 is 12.2 Å². The summed E-state index contributed by atoms with van der Waals surface area (Å²) in [5, 5.41) is 2.34. The normalized spacial score (nSPS) is 15.5. The zero-order valence-electron chi connectivity index (χ0n) is 17.3. The molecule has 2 heterocycles. The summed E-state index contributed by atoms with van der Waals surface area (Å²) < 4.78 is 16.4. The van der Waals surface area contributed by atoms with Gasteiger partial charge in [-0.2, -0.15) is 0 Å². The van der Waals surface area contributed by atoms with Gasteiger partial charge >= 0.3 is 0 Å². The van der Waals surface area contributed by atoms with Crippen LogP contribution < -0.4 is 10.2 Å². The van der Waals surface area contributed by atoms with Crippen LogP contribution in [-0.2, 0) is 9.59 Å². The molecule has 1 saturated heterocycles. The number of para-hydroxylation sites is 1. The number of carbonyl (C=O) groups is 2. The Morgan fingerprint density at radius 2 is 1.68 bits per heavy atom. The lowest BCUT2D eigenvalue weighted by molar-refractivity contribution is -0.122. The smallest absolute Gasteiger partial charge is 0.270 e. The third-order valence-electron chi connectivity index (χ3n) is 5.26. The molecule has 0 spiro atoms. The van der Waals surface area contributed by atoms with Gasteiger partial charge in [-0.3, -0.25) is 14.9 Å². The lowest BCUT2D eigenvalue weighted by atomic mass is 10.1. The second kappa shape index (κ2) is 7.92. The number of benzene rings is 2. The Morgan fingerprint density at radius 1 is 1.00 bits per heavy atom. The molecule has 7 heteroatoms. The highest BCUT2D eigenvalue weighted by atomic mass is 32.1. The fourth-order valence-corrected chi connectivity index (χ4v) is 3.96. The summed E-state index contributed by atoms with van der Waals surface area (Å²) in [6.07, 6.45) is 1.53. The van der Waals surface area contributed by atoms with Crippen LogP contribution in [0.2, 0.25) is 0 Å². The number of nitrogens with one attached hydrogen (secondary N) is 1. The van der Waals surface area contributed by atoms with Gasteiger partial charge in [-0.05, 0) is 75.0 Å². The molecule has 2 aromatic carbocycles. The summed E-state index contributed by atoms with van der Waals surface area (Å²) in [7, 11) is 0. The van der Waals surface area contributed by atoms with Crippen LogP contribution in [0.15, 0.2) is 60.2 Å². The van der Waals surface area contributed by atoms with E-state index in [0.717, 1.165) is 33.1 Å². The summed E-state index contributed by atoms with van der Waals surface area (Å²) in [5.74, 6) is -1.88. The van der Waals surface area contributed by atoms with Crippen molar-refractivity contribution in [2.24, 2.45) is 0 Å². The predicted molar refractivity (Wildman–Crippen MR) is 123 cm³/mol. The number of amides is 2. The highest BCUT2D eigenvalue weighted by molar-refractivity contribution is 7.80. The Labute approximate surface area is 184 Å². The minimum atomic E-state index is -0.668. The molecule has 0 radical (unpaired) electrons. The number of aryl methyl sites for hydroxylation is 2. The number of carbonyl (C=O) groups excluding carboxylic acids is 2. The number of hydrogen-bond acceptors (Lipinski definition) is 3. The molecule has 0 saturated carbocycles.